The molecule has 1 unspecified atom stereocenters. The lowest BCUT2D eigenvalue weighted by Gasteiger charge is -2.29. The Kier molecular flexibility index (Phi) is 6.56. The van der Waals surface area contributed by atoms with Crippen LogP contribution in [0.5, 0.6) is 0 Å². The first kappa shape index (κ1) is 21.4. The van der Waals surface area contributed by atoms with Crippen LogP contribution in [0, 0.1) is 5.82 Å². The molecule has 0 saturated carbocycles. The first-order chi connectivity index (χ1) is 15.1. The lowest BCUT2D eigenvalue weighted by Crippen LogP contribution is -2.37. The van der Waals surface area contributed by atoms with Crippen LogP contribution in [0.1, 0.15) is 41.3 Å². The van der Waals surface area contributed by atoms with Crippen molar-refractivity contribution in [1.29, 1.82) is 0 Å². The Labute approximate surface area is 183 Å². The van der Waals surface area contributed by atoms with Gasteiger partial charge in [-0.2, -0.15) is 0 Å². The molecule has 164 valence electrons. The molecule has 0 aliphatic carbocycles. The predicted octanol–water partition coefficient (Wildman–Crippen LogP) is 3.80. The highest BCUT2D eigenvalue weighted by atomic mass is 19.1. The van der Waals surface area contributed by atoms with E-state index in [2.05, 4.69) is 28.5 Å². The molecule has 2 N–H and O–H groups in total. The SMILES string of the molecule is CCCN/C=C/c1ccc2c(c1)CCN(c1ccc(N3CCC(NC)C3)c(F)c1)C2=O. The Morgan fingerprint density at radius 1 is 1.19 bits per heavy atom. The van der Waals surface area contributed by atoms with E-state index in [-0.39, 0.29) is 11.7 Å². The lowest BCUT2D eigenvalue weighted by atomic mass is 9.96. The average Bonchev–Trinajstić information content (AvgIpc) is 3.26. The second-order valence-electron chi connectivity index (χ2n) is 8.27. The zero-order valence-corrected chi connectivity index (χ0v) is 18.3. The molecular formula is C25H31FN4O. The van der Waals surface area contributed by atoms with E-state index in [1.807, 2.05) is 43.6 Å². The monoisotopic (exact) mass is 422 g/mol. The maximum absolute atomic E-state index is 14.9. The molecule has 2 heterocycles. The summed E-state index contributed by atoms with van der Waals surface area (Å²) in [6.07, 6.45) is 6.81. The van der Waals surface area contributed by atoms with Crippen LogP contribution in [-0.4, -0.2) is 45.2 Å². The Hall–Kier alpha value is -2.86. The highest BCUT2D eigenvalue weighted by Gasteiger charge is 2.27. The van der Waals surface area contributed by atoms with Gasteiger partial charge in [0.1, 0.15) is 5.82 Å². The van der Waals surface area contributed by atoms with Crippen LogP contribution in [0.4, 0.5) is 15.8 Å². The van der Waals surface area contributed by atoms with Gasteiger partial charge in [0.25, 0.3) is 5.91 Å². The van der Waals surface area contributed by atoms with Gasteiger partial charge in [-0.25, -0.2) is 4.39 Å². The third-order valence-corrected chi connectivity index (χ3v) is 6.18. The lowest BCUT2D eigenvalue weighted by molar-refractivity contribution is 0.0980. The van der Waals surface area contributed by atoms with Crippen molar-refractivity contribution < 1.29 is 9.18 Å². The molecule has 5 nitrogen and oxygen atoms in total. The molecule has 1 fully saturated rings. The van der Waals surface area contributed by atoms with E-state index in [0.717, 1.165) is 50.0 Å². The molecular weight excluding hydrogens is 391 g/mol. The van der Waals surface area contributed by atoms with E-state index >= 15 is 0 Å². The Morgan fingerprint density at radius 3 is 2.81 bits per heavy atom. The number of carbonyl (C=O) groups excluding carboxylic acids is 1. The molecule has 0 bridgehead atoms. The summed E-state index contributed by atoms with van der Waals surface area (Å²) in [5.41, 5.74) is 4.05. The molecule has 0 radical (unpaired) electrons. The van der Waals surface area contributed by atoms with Gasteiger partial charge in [-0.15, -0.1) is 0 Å². The minimum Gasteiger partial charge on any atom is -0.391 e. The number of benzene rings is 2. The minimum absolute atomic E-state index is 0.0653. The van der Waals surface area contributed by atoms with Crippen molar-refractivity contribution in [2.24, 2.45) is 0 Å². The number of halogens is 1. The normalized spacial score (nSPS) is 18.7. The van der Waals surface area contributed by atoms with Gasteiger partial charge in [-0.1, -0.05) is 19.1 Å². The smallest absolute Gasteiger partial charge is 0.258 e. The van der Waals surface area contributed by atoms with Crippen molar-refractivity contribution in [3.05, 3.63) is 65.1 Å². The molecule has 2 aromatic rings. The average molecular weight is 423 g/mol. The summed E-state index contributed by atoms with van der Waals surface area (Å²) in [7, 11) is 1.94. The maximum Gasteiger partial charge on any atom is 0.258 e. The van der Waals surface area contributed by atoms with Gasteiger partial charge in [0, 0.05) is 43.5 Å². The van der Waals surface area contributed by atoms with Gasteiger partial charge in [-0.3, -0.25) is 4.79 Å². The number of hydrogen-bond acceptors (Lipinski definition) is 4. The first-order valence-electron chi connectivity index (χ1n) is 11.2. The number of nitrogens with one attached hydrogen (secondary N) is 2. The van der Waals surface area contributed by atoms with Crippen molar-refractivity contribution in [2.75, 3.05) is 43.0 Å². The van der Waals surface area contributed by atoms with Gasteiger partial charge < -0.3 is 20.4 Å². The molecule has 1 atom stereocenters. The van der Waals surface area contributed by atoms with Crippen molar-refractivity contribution in [3.63, 3.8) is 0 Å². The van der Waals surface area contributed by atoms with Crippen LogP contribution in [0.25, 0.3) is 6.08 Å². The van der Waals surface area contributed by atoms with Gasteiger partial charge in [0.15, 0.2) is 0 Å². The topological polar surface area (TPSA) is 47.6 Å². The van der Waals surface area contributed by atoms with Crippen LogP contribution in [0.3, 0.4) is 0 Å². The highest BCUT2D eigenvalue weighted by Crippen LogP contribution is 2.30. The molecule has 0 spiro atoms. The molecule has 31 heavy (non-hydrogen) atoms. The Morgan fingerprint density at radius 2 is 2.06 bits per heavy atom. The van der Waals surface area contributed by atoms with Crippen LogP contribution in [0.15, 0.2) is 42.6 Å². The molecule has 0 aromatic heterocycles. The summed E-state index contributed by atoms with van der Waals surface area (Å²) in [4.78, 5) is 16.9. The fourth-order valence-corrected chi connectivity index (χ4v) is 4.38. The van der Waals surface area contributed by atoms with Gasteiger partial charge in [0.05, 0.1) is 5.69 Å². The minimum atomic E-state index is -0.270. The summed E-state index contributed by atoms with van der Waals surface area (Å²) in [5.74, 6) is -0.336. The summed E-state index contributed by atoms with van der Waals surface area (Å²) >= 11 is 0. The highest BCUT2D eigenvalue weighted by molar-refractivity contribution is 6.08. The second kappa shape index (κ2) is 9.52. The maximum atomic E-state index is 14.9. The summed E-state index contributed by atoms with van der Waals surface area (Å²) < 4.78 is 14.9. The Balaban J connectivity index is 1.49. The molecule has 1 amide bonds. The summed E-state index contributed by atoms with van der Waals surface area (Å²) in [5, 5.41) is 6.50. The van der Waals surface area contributed by atoms with E-state index in [0.29, 0.717) is 29.5 Å². The molecule has 2 aliphatic rings. The summed E-state index contributed by atoms with van der Waals surface area (Å²) in [6.45, 7) is 5.26. The largest absolute Gasteiger partial charge is 0.391 e. The quantitative estimate of drug-likeness (QED) is 0.667. The second-order valence-corrected chi connectivity index (χ2v) is 8.27. The number of fused-ring (bicyclic) bond motifs is 1. The predicted molar refractivity (Wildman–Crippen MR) is 125 cm³/mol. The van der Waals surface area contributed by atoms with Crippen molar-refractivity contribution in [1.82, 2.24) is 10.6 Å². The standard InChI is InChI=1S/C25H31FN4O/c1-3-11-28-12-8-18-4-6-22-19(15-18)9-14-30(25(22)31)21-5-7-24(23(26)16-21)29-13-10-20(17-29)27-2/h4-8,12,15-16,20,27-28H,3,9-11,13-14,17H2,1-2H3/b12-8+. The first-order valence-corrected chi connectivity index (χ1v) is 11.2. The van der Waals surface area contributed by atoms with E-state index < -0.39 is 0 Å². The molecule has 1 saturated heterocycles. The van der Waals surface area contributed by atoms with E-state index in [1.54, 1.807) is 4.90 Å². The molecule has 6 heteroatoms. The van der Waals surface area contributed by atoms with E-state index in [9.17, 15) is 9.18 Å². The van der Waals surface area contributed by atoms with Gasteiger partial charge >= 0.3 is 0 Å². The molecule has 2 aliphatic heterocycles. The fourth-order valence-electron chi connectivity index (χ4n) is 4.38. The van der Waals surface area contributed by atoms with Crippen molar-refractivity contribution >= 4 is 23.4 Å². The number of rotatable bonds is 7. The number of carbonyl (C=O) groups is 1. The number of hydrogen-bond donors (Lipinski definition) is 2. The number of amides is 1. The third kappa shape index (κ3) is 4.59. The molecule has 2 aromatic carbocycles. The van der Waals surface area contributed by atoms with E-state index in [4.69, 9.17) is 0 Å². The Bertz CT molecular complexity index is 974. The van der Waals surface area contributed by atoms with Crippen LogP contribution in [0.2, 0.25) is 0 Å². The van der Waals surface area contributed by atoms with E-state index in [1.165, 1.54) is 6.07 Å². The van der Waals surface area contributed by atoms with Crippen LogP contribution >= 0.6 is 0 Å². The van der Waals surface area contributed by atoms with Crippen LogP contribution in [-0.2, 0) is 6.42 Å². The van der Waals surface area contributed by atoms with Gasteiger partial charge in [0.2, 0.25) is 0 Å². The van der Waals surface area contributed by atoms with Gasteiger partial charge in [-0.05, 0) is 74.0 Å². The number of nitrogens with zero attached hydrogens (tertiary/aromatic N) is 2. The number of likely N-dealkylation sites (N-methyl/N-ethyl adjacent to an activating group) is 1. The van der Waals surface area contributed by atoms with Crippen LogP contribution < -0.4 is 20.4 Å². The fraction of sp³-hybridized carbons (Fsp3) is 0.400. The van der Waals surface area contributed by atoms with Crippen molar-refractivity contribution in [2.45, 2.75) is 32.2 Å². The zero-order valence-electron chi connectivity index (χ0n) is 18.3. The summed E-state index contributed by atoms with van der Waals surface area (Å²) in [6, 6.07) is 11.5. The van der Waals surface area contributed by atoms with Crippen molar-refractivity contribution in [3.8, 4) is 0 Å². The third-order valence-electron chi connectivity index (χ3n) is 6.18. The number of anilines is 2. The molecule has 4 rings (SSSR count). The zero-order chi connectivity index (χ0) is 21.8.